The lowest BCUT2D eigenvalue weighted by atomic mass is 10.1. The van der Waals surface area contributed by atoms with Crippen LogP contribution in [0.25, 0.3) is 6.08 Å². The molecule has 2 aromatic rings. The Morgan fingerprint density at radius 2 is 1.94 bits per heavy atom. The van der Waals surface area contributed by atoms with Gasteiger partial charge in [0.2, 0.25) is 5.91 Å². The largest absolute Gasteiger partial charge is 0.449 e. The summed E-state index contributed by atoms with van der Waals surface area (Å²) in [5.74, 6) is 0.171. The second kappa shape index (κ2) is 10.1. The predicted octanol–water partition coefficient (Wildman–Crippen LogP) is 2.66. The maximum atomic E-state index is 13.2. The lowest BCUT2D eigenvalue weighted by Crippen LogP contribution is -2.46. The molecule has 8 heteroatoms. The lowest BCUT2D eigenvalue weighted by molar-refractivity contribution is -0.123. The first-order chi connectivity index (χ1) is 15.1. The number of amides is 2. The number of fused-ring (bicyclic) bond motifs is 1. The molecule has 2 amide bonds. The van der Waals surface area contributed by atoms with Crippen molar-refractivity contribution in [3.05, 3.63) is 64.3 Å². The molecular formula is C23H24BrN3O4. The number of halogens is 1. The summed E-state index contributed by atoms with van der Waals surface area (Å²) in [7, 11) is 0. The third-order valence-corrected chi connectivity index (χ3v) is 5.63. The van der Waals surface area contributed by atoms with Crippen LogP contribution in [0.2, 0.25) is 0 Å². The fourth-order valence-electron chi connectivity index (χ4n) is 3.54. The summed E-state index contributed by atoms with van der Waals surface area (Å²) in [5.41, 5.74) is 1.41. The topological polar surface area (TPSA) is 71.1 Å². The first-order valence-corrected chi connectivity index (χ1v) is 11.0. The fraction of sp³-hybridized carbons (Fsp3) is 0.304. The van der Waals surface area contributed by atoms with Crippen molar-refractivity contribution in [3.63, 3.8) is 0 Å². The van der Waals surface area contributed by atoms with Crippen LogP contribution < -0.4 is 15.0 Å². The molecule has 162 valence electrons. The number of hydrogen-bond acceptors (Lipinski definition) is 5. The number of nitrogens with one attached hydrogen (secondary N) is 1. The van der Waals surface area contributed by atoms with E-state index < -0.39 is 0 Å². The molecule has 2 aromatic carbocycles. The fourth-order valence-corrected chi connectivity index (χ4v) is 3.96. The standard InChI is InChI=1S/C23H24BrN3O4/c24-18-5-3-4-17(14-18)15-21-23(29)27(19-6-1-2-7-20(19)31-21)16-22(28)25-8-9-26-10-12-30-13-11-26/h1-7,14-15H,8-13,16H2,(H,25,28)/b21-15+. The van der Waals surface area contributed by atoms with E-state index in [1.807, 2.05) is 36.4 Å². The van der Waals surface area contributed by atoms with E-state index in [0.29, 0.717) is 18.0 Å². The van der Waals surface area contributed by atoms with Crippen molar-refractivity contribution in [1.29, 1.82) is 0 Å². The van der Waals surface area contributed by atoms with Crippen LogP contribution in [0.5, 0.6) is 5.75 Å². The van der Waals surface area contributed by atoms with Crippen LogP contribution in [-0.4, -0.2) is 62.7 Å². The maximum absolute atomic E-state index is 13.2. The van der Waals surface area contributed by atoms with Crippen LogP contribution in [0.1, 0.15) is 5.56 Å². The van der Waals surface area contributed by atoms with Crippen molar-refractivity contribution in [3.8, 4) is 5.75 Å². The average molecular weight is 486 g/mol. The molecule has 2 heterocycles. The monoisotopic (exact) mass is 485 g/mol. The maximum Gasteiger partial charge on any atom is 0.294 e. The molecule has 2 aliphatic heterocycles. The van der Waals surface area contributed by atoms with E-state index in [0.717, 1.165) is 42.9 Å². The van der Waals surface area contributed by atoms with E-state index in [4.69, 9.17) is 9.47 Å². The molecule has 0 radical (unpaired) electrons. The number of benzene rings is 2. The molecule has 1 saturated heterocycles. The Labute approximate surface area is 189 Å². The highest BCUT2D eigenvalue weighted by Gasteiger charge is 2.31. The summed E-state index contributed by atoms with van der Waals surface area (Å²) in [5, 5.41) is 2.92. The summed E-state index contributed by atoms with van der Waals surface area (Å²) in [6.07, 6.45) is 1.69. The number of morpholine rings is 1. The van der Waals surface area contributed by atoms with E-state index in [1.165, 1.54) is 4.90 Å². The van der Waals surface area contributed by atoms with E-state index >= 15 is 0 Å². The minimum Gasteiger partial charge on any atom is -0.449 e. The first-order valence-electron chi connectivity index (χ1n) is 10.2. The number of para-hydroxylation sites is 2. The highest BCUT2D eigenvalue weighted by atomic mass is 79.9. The van der Waals surface area contributed by atoms with E-state index in [1.54, 1.807) is 18.2 Å². The van der Waals surface area contributed by atoms with E-state index in [9.17, 15) is 9.59 Å². The van der Waals surface area contributed by atoms with Crippen LogP contribution in [0, 0.1) is 0 Å². The minimum absolute atomic E-state index is 0.0713. The molecule has 0 aromatic heterocycles. The van der Waals surface area contributed by atoms with Crippen LogP contribution >= 0.6 is 15.9 Å². The third kappa shape index (κ3) is 5.52. The zero-order chi connectivity index (χ0) is 21.6. The molecule has 0 aliphatic carbocycles. The Morgan fingerprint density at radius 3 is 2.74 bits per heavy atom. The summed E-state index contributed by atoms with van der Waals surface area (Å²) < 4.78 is 12.1. The summed E-state index contributed by atoms with van der Waals surface area (Å²) in [6.45, 7) is 4.40. The van der Waals surface area contributed by atoms with Gasteiger partial charge in [0.05, 0.1) is 18.9 Å². The molecule has 4 rings (SSSR count). The highest BCUT2D eigenvalue weighted by Crippen LogP contribution is 2.35. The molecule has 0 spiro atoms. The van der Waals surface area contributed by atoms with Crippen molar-refractivity contribution >= 4 is 39.5 Å². The molecule has 2 aliphatic rings. The average Bonchev–Trinajstić information content (AvgIpc) is 2.77. The van der Waals surface area contributed by atoms with E-state index in [-0.39, 0.29) is 24.1 Å². The number of rotatable bonds is 6. The summed E-state index contributed by atoms with van der Waals surface area (Å²) >= 11 is 3.44. The van der Waals surface area contributed by atoms with Gasteiger partial charge in [-0.2, -0.15) is 0 Å². The number of hydrogen-bond donors (Lipinski definition) is 1. The van der Waals surface area contributed by atoms with Crippen LogP contribution in [0.15, 0.2) is 58.8 Å². The van der Waals surface area contributed by atoms with Gasteiger partial charge in [-0.3, -0.25) is 19.4 Å². The molecule has 31 heavy (non-hydrogen) atoms. The molecule has 0 unspecified atom stereocenters. The quantitative estimate of drug-likeness (QED) is 0.636. The summed E-state index contributed by atoms with van der Waals surface area (Å²) in [4.78, 5) is 29.5. The number of carbonyl (C=O) groups excluding carboxylic acids is 2. The van der Waals surface area contributed by atoms with Gasteiger partial charge in [-0.05, 0) is 35.9 Å². The van der Waals surface area contributed by atoms with Crippen LogP contribution in [-0.2, 0) is 14.3 Å². The van der Waals surface area contributed by atoms with Gasteiger partial charge >= 0.3 is 0 Å². The molecule has 7 nitrogen and oxygen atoms in total. The normalized spacial score (nSPS) is 17.9. The molecule has 0 saturated carbocycles. The highest BCUT2D eigenvalue weighted by molar-refractivity contribution is 9.10. The van der Waals surface area contributed by atoms with Gasteiger partial charge in [0, 0.05) is 30.7 Å². The number of anilines is 1. The Hall–Kier alpha value is -2.68. The van der Waals surface area contributed by atoms with Gasteiger partial charge in [-0.25, -0.2) is 0 Å². The zero-order valence-electron chi connectivity index (χ0n) is 17.1. The van der Waals surface area contributed by atoms with Gasteiger partial charge in [-0.1, -0.05) is 40.2 Å². The van der Waals surface area contributed by atoms with Crippen LogP contribution in [0.3, 0.4) is 0 Å². The van der Waals surface area contributed by atoms with Gasteiger partial charge < -0.3 is 14.8 Å². The number of ether oxygens (including phenoxy) is 2. The second-order valence-electron chi connectivity index (χ2n) is 7.33. The lowest BCUT2D eigenvalue weighted by Gasteiger charge is -2.30. The van der Waals surface area contributed by atoms with E-state index in [2.05, 4.69) is 26.1 Å². The number of nitrogens with zero attached hydrogens (tertiary/aromatic N) is 2. The predicted molar refractivity (Wildman–Crippen MR) is 122 cm³/mol. The molecule has 0 atom stereocenters. The molecule has 0 bridgehead atoms. The van der Waals surface area contributed by atoms with Crippen LogP contribution in [0.4, 0.5) is 5.69 Å². The molecule has 1 N–H and O–H groups in total. The minimum atomic E-state index is -0.345. The molecular weight excluding hydrogens is 462 g/mol. The van der Waals surface area contributed by atoms with Gasteiger partial charge in [0.1, 0.15) is 6.54 Å². The first kappa shape index (κ1) is 21.5. The Bertz CT molecular complexity index is 988. The van der Waals surface area contributed by atoms with Crippen molar-refractivity contribution in [2.75, 3.05) is 50.8 Å². The Balaban J connectivity index is 1.46. The van der Waals surface area contributed by atoms with Crippen molar-refractivity contribution < 1.29 is 19.1 Å². The van der Waals surface area contributed by atoms with Crippen molar-refractivity contribution in [1.82, 2.24) is 10.2 Å². The number of carbonyl (C=O) groups is 2. The zero-order valence-corrected chi connectivity index (χ0v) is 18.6. The summed E-state index contributed by atoms with van der Waals surface area (Å²) in [6, 6.07) is 14.8. The van der Waals surface area contributed by atoms with Gasteiger partial charge in [-0.15, -0.1) is 0 Å². The van der Waals surface area contributed by atoms with Gasteiger partial charge in [0.25, 0.3) is 5.91 Å². The Morgan fingerprint density at radius 1 is 1.13 bits per heavy atom. The van der Waals surface area contributed by atoms with Crippen molar-refractivity contribution in [2.24, 2.45) is 0 Å². The SMILES string of the molecule is O=C(CN1C(=O)/C(=C\c2cccc(Br)c2)Oc2ccccc21)NCCN1CCOCC1. The van der Waals surface area contributed by atoms with Crippen molar-refractivity contribution in [2.45, 2.75) is 0 Å². The second-order valence-corrected chi connectivity index (χ2v) is 8.24. The third-order valence-electron chi connectivity index (χ3n) is 5.13. The smallest absolute Gasteiger partial charge is 0.294 e. The molecule has 1 fully saturated rings. The Kier molecular flexibility index (Phi) is 7.01. The van der Waals surface area contributed by atoms with Gasteiger partial charge in [0.15, 0.2) is 11.5 Å².